The van der Waals surface area contributed by atoms with Gasteiger partial charge in [0.15, 0.2) is 11.5 Å². The summed E-state index contributed by atoms with van der Waals surface area (Å²) < 4.78 is 5.30. The zero-order valence-corrected chi connectivity index (χ0v) is 12.3. The molecular formula is C15H23NO5. The van der Waals surface area contributed by atoms with E-state index in [2.05, 4.69) is 6.92 Å². The van der Waals surface area contributed by atoms with Crippen LogP contribution in [0.15, 0.2) is 18.2 Å². The summed E-state index contributed by atoms with van der Waals surface area (Å²) >= 11 is 0. The second kappa shape index (κ2) is 9.18. The van der Waals surface area contributed by atoms with Gasteiger partial charge >= 0.3 is 6.23 Å². The zero-order valence-electron chi connectivity index (χ0n) is 12.3. The first-order valence-electron chi connectivity index (χ1n) is 7.30. The van der Waals surface area contributed by atoms with Crippen LogP contribution in [0.1, 0.15) is 44.6 Å². The molecule has 0 saturated heterocycles. The lowest BCUT2D eigenvalue weighted by Gasteiger charge is -2.10. The summed E-state index contributed by atoms with van der Waals surface area (Å²) in [4.78, 5) is 10.5. The first kappa shape index (κ1) is 17.2. The summed E-state index contributed by atoms with van der Waals surface area (Å²) in [6.07, 6.45) is 3.45. The number of unbranched alkanes of at least 4 members (excludes halogenated alkanes) is 2. The van der Waals surface area contributed by atoms with Gasteiger partial charge in [0.25, 0.3) is 0 Å². The van der Waals surface area contributed by atoms with Crippen LogP contribution in [0.5, 0.6) is 11.5 Å². The minimum absolute atomic E-state index is 0.166. The van der Waals surface area contributed by atoms with Crippen LogP contribution in [-0.4, -0.2) is 28.0 Å². The van der Waals surface area contributed by atoms with Gasteiger partial charge in [-0.05, 0) is 37.0 Å². The Labute approximate surface area is 124 Å². The first-order chi connectivity index (χ1) is 10.0. The molecule has 0 fully saturated rings. The predicted octanol–water partition coefficient (Wildman–Crippen LogP) is 3.23. The summed E-state index contributed by atoms with van der Waals surface area (Å²) in [6.45, 7) is 2.48. The maximum Gasteiger partial charge on any atom is 0.315 e. The first-order valence-corrected chi connectivity index (χ1v) is 7.30. The molecule has 0 saturated carbocycles. The lowest BCUT2D eigenvalue weighted by molar-refractivity contribution is -0.577. The number of aryl methyl sites for hydroxylation is 1. The third-order valence-corrected chi connectivity index (χ3v) is 3.25. The van der Waals surface area contributed by atoms with Crippen molar-refractivity contribution in [3.05, 3.63) is 33.9 Å². The zero-order chi connectivity index (χ0) is 15.7. The van der Waals surface area contributed by atoms with Crippen LogP contribution in [0.25, 0.3) is 0 Å². The van der Waals surface area contributed by atoms with Gasteiger partial charge in [0.05, 0.1) is 11.5 Å². The second-order valence-corrected chi connectivity index (χ2v) is 5.03. The molecule has 1 aromatic carbocycles. The molecule has 1 atom stereocenters. The standard InChI is InChI=1S/C15H23NO5/c1-2-3-4-10-21-15(16(19)20)7-5-6-12-8-9-13(17)14(18)11-12/h8-9,11,15,17-18H,2-7,10H2,1H3. The van der Waals surface area contributed by atoms with Crippen molar-refractivity contribution in [2.45, 2.75) is 51.7 Å². The molecule has 1 unspecified atom stereocenters. The Kier molecular flexibility index (Phi) is 7.53. The number of phenolic OH excluding ortho intramolecular Hbond substituents is 2. The fraction of sp³-hybridized carbons (Fsp3) is 0.600. The Morgan fingerprint density at radius 2 is 2.00 bits per heavy atom. The summed E-state index contributed by atoms with van der Waals surface area (Å²) in [5, 5.41) is 29.5. The van der Waals surface area contributed by atoms with Gasteiger partial charge in [-0.3, -0.25) is 10.1 Å². The maximum absolute atomic E-state index is 10.9. The molecular weight excluding hydrogens is 274 g/mol. The van der Waals surface area contributed by atoms with Crippen molar-refractivity contribution in [3.8, 4) is 11.5 Å². The largest absolute Gasteiger partial charge is 0.504 e. The highest BCUT2D eigenvalue weighted by molar-refractivity contribution is 5.40. The van der Waals surface area contributed by atoms with Crippen LogP contribution in [0.4, 0.5) is 0 Å². The molecule has 6 nitrogen and oxygen atoms in total. The van der Waals surface area contributed by atoms with Crippen molar-refractivity contribution in [1.82, 2.24) is 0 Å². The van der Waals surface area contributed by atoms with Crippen LogP contribution in [0.2, 0.25) is 0 Å². The van der Waals surface area contributed by atoms with Gasteiger partial charge in [0.1, 0.15) is 0 Å². The number of phenols is 2. The Hall–Kier alpha value is -1.82. The fourth-order valence-corrected chi connectivity index (χ4v) is 2.03. The summed E-state index contributed by atoms with van der Waals surface area (Å²) in [6, 6.07) is 4.58. The van der Waals surface area contributed by atoms with Gasteiger partial charge in [-0.2, -0.15) is 0 Å². The molecule has 0 aliphatic carbocycles. The van der Waals surface area contributed by atoms with Crippen LogP contribution in [0.3, 0.4) is 0 Å². The minimum Gasteiger partial charge on any atom is -0.504 e. The van der Waals surface area contributed by atoms with Gasteiger partial charge < -0.3 is 14.9 Å². The second-order valence-electron chi connectivity index (χ2n) is 5.03. The highest BCUT2D eigenvalue weighted by Gasteiger charge is 2.19. The van der Waals surface area contributed by atoms with Crippen molar-refractivity contribution >= 4 is 0 Å². The van der Waals surface area contributed by atoms with E-state index in [1.165, 1.54) is 12.1 Å². The molecule has 118 valence electrons. The third kappa shape index (κ3) is 6.44. The molecule has 0 heterocycles. The molecule has 0 aromatic heterocycles. The molecule has 21 heavy (non-hydrogen) atoms. The Morgan fingerprint density at radius 1 is 1.24 bits per heavy atom. The number of nitro groups is 1. The smallest absolute Gasteiger partial charge is 0.315 e. The molecule has 0 bridgehead atoms. The number of aromatic hydroxyl groups is 2. The summed E-state index contributed by atoms with van der Waals surface area (Å²) in [5.41, 5.74) is 0.832. The fourth-order valence-electron chi connectivity index (χ4n) is 2.03. The Balaban J connectivity index is 2.35. The van der Waals surface area contributed by atoms with Gasteiger partial charge in [0, 0.05) is 6.42 Å². The molecule has 0 spiro atoms. The van der Waals surface area contributed by atoms with E-state index in [0.29, 0.717) is 25.9 Å². The highest BCUT2D eigenvalue weighted by atomic mass is 16.7. The van der Waals surface area contributed by atoms with Crippen molar-refractivity contribution in [2.24, 2.45) is 0 Å². The number of rotatable bonds is 10. The third-order valence-electron chi connectivity index (χ3n) is 3.25. The van der Waals surface area contributed by atoms with Crippen molar-refractivity contribution in [2.75, 3.05) is 6.61 Å². The quantitative estimate of drug-likeness (QED) is 0.227. The van der Waals surface area contributed by atoms with Crippen molar-refractivity contribution < 1.29 is 19.9 Å². The Bertz CT molecular complexity index is 450. The molecule has 2 N–H and O–H groups in total. The van der Waals surface area contributed by atoms with Gasteiger partial charge in [-0.1, -0.05) is 25.8 Å². The molecule has 1 rings (SSSR count). The summed E-state index contributed by atoms with van der Waals surface area (Å²) in [5.74, 6) is -0.338. The monoisotopic (exact) mass is 297 g/mol. The molecule has 6 heteroatoms. The van der Waals surface area contributed by atoms with Gasteiger partial charge in [-0.25, -0.2) is 0 Å². The van der Waals surface area contributed by atoms with Crippen molar-refractivity contribution in [3.63, 3.8) is 0 Å². The number of nitrogens with zero attached hydrogens (tertiary/aromatic N) is 1. The topological polar surface area (TPSA) is 92.8 Å². The van der Waals surface area contributed by atoms with E-state index in [-0.39, 0.29) is 16.4 Å². The van der Waals surface area contributed by atoms with E-state index in [1.807, 2.05) is 0 Å². The average Bonchev–Trinajstić information content (AvgIpc) is 2.45. The summed E-state index contributed by atoms with van der Waals surface area (Å²) in [7, 11) is 0. The van der Waals surface area contributed by atoms with E-state index in [0.717, 1.165) is 24.8 Å². The average molecular weight is 297 g/mol. The van der Waals surface area contributed by atoms with Gasteiger partial charge in [0.2, 0.25) is 0 Å². The van der Waals surface area contributed by atoms with Crippen LogP contribution < -0.4 is 0 Å². The number of hydrogen-bond donors (Lipinski definition) is 2. The van der Waals surface area contributed by atoms with Crippen LogP contribution in [-0.2, 0) is 11.2 Å². The maximum atomic E-state index is 10.9. The molecule has 1 aromatic rings. The lowest BCUT2D eigenvalue weighted by Crippen LogP contribution is -2.23. The highest BCUT2D eigenvalue weighted by Crippen LogP contribution is 2.25. The number of hydrogen-bond acceptors (Lipinski definition) is 5. The van der Waals surface area contributed by atoms with Crippen LogP contribution >= 0.6 is 0 Å². The van der Waals surface area contributed by atoms with E-state index in [9.17, 15) is 20.3 Å². The SMILES string of the molecule is CCCCCOC(CCCc1ccc(O)c(O)c1)[N+](=O)[O-]. The molecule has 0 radical (unpaired) electrons. The molecule has 0 amide bonds. The van der Waals surface area contributed by atoms with E-state index in [1.54, 1.807) is 6.07 Å². The van der Waals surface area contributed by atoms with E-state index >= 15 is 0 Å². The predicted molar refractivity (Wildman–Crippen MR) is 79.0 cm³/mol. The minimum atomic E-state index is -0.965. The van der Waals surface area contributed by atoms with Gasteiger partial charge in [-0.15, -0.1) is 0 Å². The van der Waals surface area contributed by atoms with E-state index < -0.39 is 6.23 Å². The lowest BCUT2D eigenvalue weighted by atomic mass is 10.1. The van der Waals surface area contributed by atoms with E-state index in [4.69, 9.17) is 4.74 Å². The van der Waals surface area contributed by atoms with Crippen LogP contribution in [0, 0.1) is 10.1 Å². The normalized spacial score (nSPS) is 12.2. The number of ether oxygens (including phenoxy) is 1. The molecule has 0 aliphatic rings. The molecule has 0 aliphatic heterocycles. The van der Waals surface area contributed by atoms with Crippen molar-refractivity contribution in [1.29, 1.82) is 0 Å². The number of benzene rings is 1. The Morgan fingerprint density at radius 3 is 2.62 bits per heavy atom.